The van der Waals surface area contributed by atoms with Gasteiger partial charge in [-0.05, 0) is 35.2 Å². The summed E-state index contributed by atoms with van der Waals surface area (Å²) in [6.45, 7) is 4.14. The summed E-state index contributed by atoms with van der Waals surface area (Å²) in [4.78, 5) is 27.6. The molecule has 10 heteroatoms. The minimum absolute atomic E-state index is 0.0101. The molecule has 2 heterocycles. The fourth-order valence-electron chi connectivity index (χ4n) is 5.83. The monoisotopic (exact) mass is 603 g/mol. The molecule has 0 saturated carbocycles. The molecule has 3 aromatic rings. The van der Waals surface area contributed by atoms with E-state index in [9.17, 15) is 19.8 Å². The van der Waals surface area contributed by atoms with Crippen molar-refractivity contribution >= 4 is 17.7 Å². The highest BCUT2D eigenvalue weighted by Gasteiger charge is 2.40. The van der Waals surface area contributed by atoms with Gasteiger partial charge in [0.1, 0.15) is 6.04 Å². The molecule has 2 aliphatic rings. The van der Waals surface area contributed by atoms with Gasteiger partial charge < -0.3 is 35.1 Å². The number of nitrogens with zero attached hydrogens (tertiary/aromatic N) is 1. The first-order chi connectivity index (χ1) is 21.3. The second-order valence-corrected chi connectivity index (χ2v) is 11.5. The Morgan fingerprint density at radius 1 is 1.00 bits per heavy atom. The van der Waals surface area contributed by atoms with E-state index in [-0.39, 0.29) is 30.8 Å². The molecule has 10 nitrogen and oxygen atoms in total. The smallest absolute Gasteiger partial charge is 0.328 e. The van der Waals surface area contributed by atoms with Crippen molar-refractivity contribution < 1.29 is 34.0 Å². The van der Waals surface area contributed by atoms with Gasteiger partial charge in [-0.2, -0.15) is 0 Å². The van der Waals surface area contributed by atoms with Crippen LogP contribution in [0.1, 0.15) is 48.0 Å². The first-order valence-electron chi connectivity index (χ1n) is 15.0. The third kappa shape index (κ3) is 8.02. The predicted molar refractivity (Wildman–Crippen MR) is 165 cm³/mol. The summed E-state index contributed by atoms with van der Waals surface area (Å²) in [7, 11) is 1.29. The van der Waals surface area contributed by atoms with Crippen LogP contribution in [-0.2, 0) is 32.0 Å². The Bertz CT molecular complexity index is 1390. The highest BCUT2D eigenvalue weighted by Crippen LogP contribution is 2.42. The number of methoxy groups -OCH3 is 1. The molecule has 2 fully saturated rings. The predicted octanol–water partition coefficient (Wildman–Crippen LogP) is 3.94. The molecule has 3 aromatic carbocycles. The standard InChI is InChI=1S/C34H41N3O7/c1-22-30(20-37-16-15-28(39)19-37)43-33(44-31(22)25-13-11-24(21-38)12-14-25)26-9-6-10-27(18-26)35-34(41)36-29(32(40)42-2)17-23-7-4-3-5-8-23/h3-14,18,22,28-31,33,38-39H,15-17,19-21H2,1-2H3,(H2,35,36,41). The molecule has 2 saturated heterocycles. The maximum atomic E-state index is 13.0. The minimum atomic E-state index is -0.861. The van der Waals surface area contributed by atoms with E-state index in [1.807, 2.05) is 66.7 Å². The third-order valence-electron chi connectivity index (χ3n) is 8.30. The van der Waals surface area contributed by atoms with Crippen molar-refractivity contribution in [3.05, 3.63) is 101 Å². The normalized spacial score (nSPS) is 24.4. The molecule has 6 unspecified atom stereocenters. The Kier molecular flexibility index (Phi) is 10.6. The maximum absolute atomic E-state index is 13.0. The van der Waals surface area contributed by atoms with Gasteiger partial charge in [-0.1, -0.05) is 73.7 Å². The molecule has 0 aromatic heterocycles. The Labute approximate surface area is 257 Å². The number of hydrogen-bond acceptors (Lipinski definition) is 8. The van der Waals surface area contributed by atoms with Crippen molar-refractivity contribution in [3.8, 4) is 0 Å². The number of carbonyl (C=O) groups excluding carboxylic acids is 2. The van der Waals surface area contributed by atoms with Crippen molar-refractivity contribution in [2.75, 3.05) is 32.1 Å². The number of esters is 1. The summed E-state index contributed by atoms with van der Waals surface area (Å²) in [5, 5.41) is 25.2. The summed E-state index contributed by atoms with van der Waals surface area (Å²) in [5.74, 6) is -0.526. The molecule has 0 aliphatic carbocycles. The van der Waals surface area contributed by atoms with Gasteiger partial charge in [0.15, 0.2) is 6.29 Å². The molecule has 0 radical (unpaired) electrons. The van der Waals surface area contributed by atoms with E-state index in [2.05, 4.69) is 22.5 Å². The van der Waals surface area contributed by atoms with E-state index in [0.29, 0.717) is 25.2 Å². The zero-order valence-electron chi connectivity index (χ0n) is 25.1. The van der Waals surface area contributed by atoms with Crippen LogP contribution in [0.5, 0.6) is 0 Å². The Balaban J connectivity index is 1.31. The lowest BCUT2D eigenvalue weighted by Crippen LogP contribution is -2.45. The number of nitrogens with one attached hydrogen (secondary N) is 2. The number of ether oxygens (including phenoxy) is 3. The Morgan fingerprint density at radius 3 is 2.45 bits per heavy atom. The van der Waals surface area contributed by atoms with Crippen molar-refractivity contribution in [3.63, 3.8) is 0 Å². The largest absolute Gasteiger partial charge is 0.467 e. The van der Waals surface area contributed by atoms with Crippen molar-refractivity contribution in [1.29, 1.82) is 0 Å². The number of carbonyl (C=O) groups is 2. The molecule has 2 amide bonds. The minimum Gasteiger partial charge on any atom is -0.467 e. The van der Waals surface area contributed by atoms with Gasteiger partial charge in [0.2, 0.25) is 0 Å². The quantitative estimate of drug-likeness (QED) is 0.257. The highest BCUT2D eigenvalue weighted by atomic mass is 16.7. The molecule has 44 heavy (non-hydrogen) atoms. The van der Waals surface area contributed by atoms with E-state index >= 15 is 0 Å². The lowest BCUT2D eigenvalue weighted by molar-refractivity contribution is -0.276. The first-order valence-corrected chi connectivity index (χ1v) is 15.0. The van der Waals surface area contributed by atoms with Gasteiger partial charge in [0.05, 0.1) is 32.0 Å². The van der Waals surface area contributed by atoms with Gasteiger partial charge in [-0.15, -0.1) is 0 Å². The number of urea groups is 1. The number of anilines is 1. The lowest BCUT2D eigenvalue weighted by Gasteiger charge is -2.42. The van der Waals surface area contributed by atoms with Crippen LogP contribution < -0.4 is 10.6 Å². The zero-order chi connectivity index (χ0) is 31.1. The van der Waals surface area contributed by atoms with Crippen LogP contribution in [0, 0.1) is 5.92 Å². The van der Waals surface area contributed by atoms with E-state index < -0.39 is 24.3 Å². The number of benzene rings is 3. The van der Waals surface area contributed by atoms with Gasteiger partial charge in [-0.25, -0.2) is 9.59 Å². The maximum Gasteiger partial charge on any atom is 0.328 e. The second kappa shape index (κ2) is 14.8. The summed E-state index contributed by atoms with van der Waals surface area (Å²) < 4.78 is 18.0. The van der Waals surface area contributed by atoms with Crippen LogP contribution >= 0.6 is 0 Å². The number of likely N-dealkylation sites (tertiary alicyclic amines) is 1. The number of hydrogen-bond donors (Lipinski definition) is 4. The number of β-amino-alcohol motifs (C(OH)–C–C–N with tert-alkyl or cyclic N) is 1. The van der Waals surface area contributed by atoms with E-state index in [0.717, 1.165) is 35.2 Å². The lowest BCUT2D eigenvalue weighted by atomic mass is 9.90. The number of aliphatic hydroxyl groups excluding tert-OH is 2. The topological polar surface area (TPSA) is 130 Å². The van der Waals surface area contributed by atoms with E-state index in [1.54, 1.807) is 12.1 Å². The van der Waals surface area contributed by atoms with Crippen LogP contribution in [0.4, 0.5) is 10.5 Å². The van der Waals surface area contributed by atoms with Crippen LogP contribution in [0.15, 0.2) is 78.9 Å². The fraction of sp³-hybridized carbons (Fsp3) is 0.412. The fourth-order valence-corrected chi connectivity index (χ4v) is 5.83. The second-order valence-electron chi connectivity index (χ2n) is 11.5. The number of rotatable bonds is 10. The average molecular weight is 604 g/mol. The van der Waals surface area contributed by atoms with Gasteiger partial charge in [0.25, 0.3) is 0 Å². The highest BCUT2D eigenvalue weighted by molar-refractivity contribution is 5.92. The number of aliphatic hydroxyl groups is 2. The molecule has 0 spiro atoms. The van der Waals surface area contributed by atoms with E-state index in [1.165, 1.54) is 7.11 Å². The molecular formula is C34H41N3O7. The van der Waals surface area contributed by atoms with Crippen LogP contribution in [0.25, 0.3) is 0 Å². The molecule has 4 N–H and O–H groups in total. The third-order valence-corrected chi connectivity index (χ3v) is 8.30. The van der Waals surface area contributed by atoms with Crippen molar-refractivity contribution in [2.24, 2.45) is 5.92 Å². The molecular weight excluding hydrogens is 562 g/mol. The van der Waals surface area contributed by atoms with Gasteiger partial charge in [-0.3, -0.25) is 4.90 Å². The summed E-state index contributed by atoms with van der Waals surface area (Å²) in [5.41, 5.74) is 3.94. The summed E-state index contributed by atoms with van der Waals surface area (Å²) in [6, 6.07) is 23.0. The van der Waals surface area contributed by atoms with Crippen LogP contribution in [0.3, 0.4) is 0 Å². The van der Waals surface area contributed by atoms with E-state index in [4.69, 9.17) is 14.2 Å². The van der Waals surface area contributed by atoms with Crippen LogP contribution in [0.2, 0.25) is 0 Å². The Hall–Kier alpha value is -3.80. The summed E-state index contributed by atoms with van der Waals surface area (Å²) >= 11 is 0. The molecule has 0 bridgehead atoms. The van der Waals surface area contributed by atoms with Crippen molar-refractivity contribution in [2.45, 2.75) is 57.0 Å². The molecule has 5 rings (SSSR count). The molecule has 234 valence electrons. The van der Waals surface area contributed by atoms with Crippen LogP contribution in [-0.4, -0.2) is 72.1 Å². The van der Waals surface area contributed by atoms with Gasteiger partial charge >= 0.3 is 12.0 Å². The molecule has 6 atom stereocenters. The SMILES string of the molecule is COC(=O)C(Cc1ccccc1)NC(=O)Nc1cccc(C2OC(CN3CCC(O)C3)C(C)C(c3ccc(CO)cc3)O2)c1. The number of amides is 2. The summed E-state index contributed by atoms with van der Waals surface area (Å²) in [6.07, 6.45) is -0.470. The molecule has 2 aliphatic heterocycles. The van der Waals surface area contributed by atoms with Crippen molar-refractivity contribution in [1.82, 2.24) is 10.2 Å². The first kappa shape index (κ1) is 31.6. The van der Waals surface area contributed by atoms with Gasteiger partial charge in [0, 0.05) is 43.2 Å². The Morgan fingerprint density at radius 2 is 1.77 bits per heavy atom. The zero-order valence-corrected chi connectivity index (χ0v) is 25.1. The average Bonchev–Trinajstić information content (AvgIpc) is 3.46.